The molecular formula is C49H56N6O8. The molecule has 4 saturated heterocycles. The number of imide groups is 2. The third-order valence-electron chi connectivity index (χ3n) is 13.8. The summed E-state index contributed by atoms with van der Waals surface area (Å²) in [4.78, 5) is 96.5. The molecule has 6 aliphatic heterocycles. The number of nitrogens with one attached hydrogen (secondary N) is 2. The van der Waals surface area contributed by atoms with Crippen molar-refractivity contribution in [3.05, 3.63) is 105 Å². The summed E-state index contributed by atoms with van der Waals surface area (Å²) in [7, 11) is 0. The SMILES string of the molecule is CC(C)(C)OC(=O)c1ccc(CN2CCC(c3ccc4c(c3)CN(C3CCC(=O)NC3=O)C4=O)CC2)c(CN2CCC(c3ccc4c(c3)CN(C3CCC(=O)NC3=O)C4=O)CC2)c1. The molecule has 4 fully saturated rings. The average molecular weight is 857 g/mol. The number of likely N-dealkylation sites (tertiary alicyclic amines) is 2. The molecule has 0 spiro atoms. The van der Waals surface area contributed by atoms with E-state index in [-0.39, 0.29) is 42.4 Å². The Hall–Kier alpha value is -5.73. The van der Waals surface area contributed by atoms with Crippen LogP contribution in [0, 0.1) is 0 Å². The lowest BCUT2D eigenvalue weighted by Crippen LogP contribution is -2.52. The Balaban J connectivity index is 0.831. The van der Waals surface area contributed by atoms with Crippen molar-refractivity contribution < 1.29 is 38.3 Å². The smallest absolute Gasteiger partial charge is 0.338 e. The van der Waals surface area contributed by atoms with Crippen molar-refractivity contribution in [2.45, 2.75) is 128 Å². The number of esters is 1. The Bertz CT molecular complexity index is 2390. The van der Waals surface area contributed by atoms with Gasteiger partial charge in [0.15, 0.2) is 0 Å². The molecule has 0 bridgehead atoms. The summed E-state index contributed by atoms with van der Waals surface area (Å²) in [5.74, 6) is -1.37. The van der Waals surface area contributed by atoms with Gasteiger partial charge in [0.2, 0.25) is 23.6 Å². The first-order valence-corrected chi connectivity index (χ1v) is 22.5. The van der Waals surface area contributed by atoms with Crippen LogP contribution in [-0.4, -0.2) is 105 Å². The monoisotopic (exact) mass is 856 g/mol. The Kier molecular flexibility index (Phi) is 11.6. The number of fused-ring (bicyclic) bond motifs is 2. The van der Waals surface area contributed by atoms with Gasteiger partial charge in [0, 0.05) is 50.1 Å². The predicted octanol–water partition coefficient (Wildman–Crippen LogP) is 4.92. The van der Waals surface area contributed by atoms with Crippen LogP contribution < -0.4 is 10.6 Å². The Morgan fingerprint density at radius 3 is 1.51 bits per heavy atom. The van der Waals surface area contributed by atoms with Crippen LogP contribution in [0.5, 0.6) is 0 Å². The van der Waals surface area contributed by atoms with Gasteiger partial charge in [-0.15, -0.1) is 0 Å². The second kappa shape index (κ2) is 17.1. The molecule has 3 aromatic rings. The first-order valence-electron chi connectivity index (χ1n) is 22.5. The molecule has 0 radical (unpaired) electrons. The van der Waals surface area contributed by atoms with E-state index in [1.807, 2.05) is 45.0 Å². The minimum atomic E-state index is -0.632. The van der Waals surface area contributed by atoms with Gasteiger partial charge in [0.05, 0.1) is 5.56 Å². The molecule has 6 heterocycles. The van der Waals surface area contributed by atoms with E-state index < -0.39 is 29.5 Å². The summed E-state index contributed by atoms with van der Waals surface area (Å²) in [5, 5.41) is 4.76. The first kappa shape index (κ1) is 42.6. The van der Waals surface area contributed by atoms with Gasteiger partial charge in [-0.1, -0.05) is 30.3 Å². The predicted molar refractivity (Wildman–Crippen MR) is 231 cm³/mol. The van der Waals surface area contributed by atoms with E-state index in [9.17, 15) is 33.6 Å². The van der Waals surface area contributed by atoms with Crippen LogP contribution in [0.2, 0.25) is 0 Å². The number of benzene rings is 3. The van der Waals surface area contributed by atoms with Gasteiger partial charge in [-0.3, -0.25) is 49.2 Å². The molecule has 63 heavy (non-hydrogen) atoms. The second-order valence-electron chi connectivity index (χ2n) is 19.2. The lowest BCUT2D eigenvalue weighted by atomic mass is 9.87. The van der Waals surface area contributed by atoms with Gasteiger partial charge in [-0.05, 0) is 155 Å². The number of rotatable bonds is 9. The van der Waals surface area contributed by atoms with Crippen LogP contribution in [0.3, 0.4) is 0 Å². The molecule has 3 aromatic carbocycles. The topological polar surface area (TPSA) is 166 Å². The molecule has 14 heteroatoms. The molecule has 330 valence electrons. The number of amides is 6. The lowest BCUT2D eigenvalue weighted by Gasteiger charge is -2.34. The van der Waals surface area contributed by atoms with Gasteiger partial charge >= 0.3 is 5.97 Å². The fourth-order valence-electron chi connectivity index (χ4n) is 10.4. The van der Waals surface area contributed by atoms with E-state index in [1.54, 1.807) is 9.80 Å². The van der Waals surface area contributed by atoms with Gasteiger partial charge in [-0.2, -0.15) is 0 Å². The van der Waals surface area contributed by atoms with E-state index in [0.29, 0.717) is 61.0 Å². The first-order chi connectivity index (χ1) is 30.2. The number of ether oxygens (including phenoxy) is 1. The van der Waals surface area contributed by atoms with E-state index >= 15 is 0 Å². The molecule has 2 atom stereocenters. The lowest BCUT2D eigenvalue weighted by molar-refractivity contribution is -0.138. The van der Waals surface area contributed by atoms with Crippen molar-refractivity contribution >= 4 is 41.4 Å². The van der Waals surface area contributed by atoms with Crippen LogP contribution in [0.25, 0.3) is 0 Å². The summed E-state index contributed by atoms with van der Waals surface area (Å²) in [6.45, 7) is 11.4. The Morgan fingerprint density at radius 2 is 1.06 bits per heavy atom. The summed E-state index contributed by atoms with van der Waals surface area (Å²) >= 11 is 0. The van der Waals surface area contributed by atoms with E-state index in [4.69, 9.17) is 4.74 Å². The summed E-state index contributed by atoms with van der Waals surface area (Å²) < 4.78 is 5.77. The third-order valence-corrected chi connectivity index (χ3v) is 13.8. The van der Waals surface area contributed by atoms with Crippen LogP contribution in [0.4, 0.5) is 0 Å². The number of hydrogen-bond acceptors (Lipinski definition) is 10. The van der Waals surface area contributed by atoms with Crippen LogP contribution in [0.15, 0.2) is 54.6 Å². The highest BCUT2D eigenvalue weighted by molar-refractivity contribution is 6.06. The van der Waals surface area contributed by atoms with Gasteiger partial charge in [0.25, 0.3) is 11.8 Å². The van der Waals surface area contributed by atoms with Crippen LogP contribution in [0.1, 0.15) is 148 Å². The molecule has 2 unspecified atom stereocenters. The maximum atomic E-state index is 13.3. The van der Waals surface area contributed by atoms with Gasteiger partial charge < -0.3 is 14.5 Å². The highest BCUT2D eigenvalue weighted by Gasteiger charge is 2.41. The minimum Gasteiger partial charge on any atom is -0.456 e. The van der Waals surface area contributed by atoms with Gasteiger partial charge in [0.1, 0.15) is 17.7 Å². The maximum absolute atomic E-state index is 13.3. The number of carbonyl (C=O) groups excluding carboxylic acids is 7. The van der Waals surface area contributed by atoms with E-state index in [1.165, 1.54) is 16.7 Å². The second-order valence-corrected chi connectivity index (χ2v) is 19.2. The van der Waals surface area contributed by atoms with Crippen LogP contribution in [-0.2, 0) is 50.1 Å². The summed E-state index contributed by atoms with van der Waals surface area (Å²) in [6, 6.07) is 16.9. The number of hydrogen-bond donors (Lipinski definition) is 2. The van der Waals surface area contributed by atoms with Crippen molar-refractivity contribution in [1.29, 1.82) is 0 Å². The van der Waals surface area contributed by atoms with Crippen LogP contribution >= 0.6 is 0 Å². The molecule has 9 rings (SSSR count). The molecule has 6 amide bonds. The zero-order chi connectivity index (χ0) is 44.2. The van der Waals surface area contributed by atoms with Crippen molar-refractivity contribution in [2.75, 3.05) is 26.2 Å². The number of nitrogens with zero attached hydrogens (tertiary/aromatic N) is 4. The van der Waals surface area contributed by atoms with Crippen molar-refractivity contribution in [2.24, 2.45) is 0 Å². The van der Waals surface area contributed by atoms with Crippen molar-refractivity contribution in [3.8, 4) is 0 Å². The zero-order valence-corrected chi connectivity index (χ0v) is 36.4. The zero-order valence-electron chi connectivity index (χ0n) is 36.4. The molecule has 6 aliphatic rings. The highest BCUT2D eigenvalue weighted by atomic mass is 16.6. The van der Waals surface area contributed by atoms with Crippen molar-refractivity contribution in [3.63, 3.8) is 0 Å². The Labute approximate surface area is 367 Å². The molecule has 0 aromatic heterocycles. The molecule has 14 nitrogen and oxygen atoms in total. The maximum Gasteiger partial charge on any atom is 0.338 e. The summed E-state index contributed by atoms with van der Waals surface area (Å²) in [5.41, 5.74) is 7.77. The Morgan fingerprint density at radius 1 is 0.603 bits per heavy atom. The van der Waals surface area contributed by atoms with E-state index in [2.05, 4.69) is 50.8 Å². The fraction of sp³-hybridized carbons (Fsp3) is 0.490. The largest absolute Gasteiger partial charge is 0.456 e. The number of carbonyl (C=O) groups is 7. The normalized spacial score (nSPS) is 22.9. The quantitative estimate of drug-likeness (QED) is 0.223. The minimum absolute atomic E-state index is 0.154. The van der Waals surface area contributed by atoms with Gasteiger partial charge in [-0.25, -0.2) is 4.79 Å². The third kappa shape index (κ3) is 8.92. The average Bonchev–Trinajstić information content (AvgIpc) is 3.75. The number of piperidine rings is 4. The molecule has 2 N–H and O–H groups in total. The van der Waals surface area contributed by atoms with Crippen molar-refractivity contribution in [1.82, 2.24) is 30.2 Å². The molecule has 0 aliphatic carbocycles. The molecular weight excluding hydrogens is 801 g/mol. The standard InChI is InChI=1S/C49H56N6O8/c1-49(2,3)63-48(62)33-4-5-34(25-52-18-14-29(15-19-52)31-6-8-38-36(22-31)27-54(46(38)60)40-10-12-42(56)50-44(40)58)35(24-33)26-53-20-16-30(17-21-53)32-7-9-39-37(23-32)28-55(47(39)61)41-11-13-43(57)51-45(41)59/h4-9,22-24,29-30,40-41H,10-21,25-28H2,1-3H3,(H,50,56,58)(H,51,57,59). The highest BCUT2D eigenvalue weighted by Crippen LogP contribution is 2.36. The fourth-order valence-corrected chi connectivity index (χ4v) is 10.4. The summed E-state index contributed by atoms with van der Waals surface area (Å²) in [6.07, 6.45) is 4.97. The van der Waals surface area contributed by atoms with E-state index in [0.717, 1.165) is 75.1 Å². The molecule has 0 saturated carbocycles.